The Balaban J connectivity index is 2.06. The molecule has 0 bridgehead atoms. The lowest BCUT2D eigenvalue weighted by Gasteiger charge is -2.10. The molecule has 0 fully saturated rings. The van der Waals surface area contributed by atoms with E-state index in [2.05, 4.69) is 0 Å². The lowest BCUT2D eigenvalue weighted by molar-refractivity contribution is -0.131. The zero-order chi connectivity index (χ0) is 18.4. The van der Waals surface area contributed by atoms with Gasteiger partial charge in [0.1, 0.15) is 17.1 Å². The number of carbonyl (C=O) groups is 2. The highest BCUT2D eigenvalue weighted by Crippen LogP contribution is 2.38. The van der Waals surface area contributed by atoms with Crippen LogP contribution in [0.1, 0.15) is 22.8 Å². The van der Waals surface area contributed by atoms with Gasteiger partial charge in [0.25, 0.3) is 0 Å². The Bertz CT molecular complexity index is 807. The zero-order valence-electron chi connectivity index (χ0n) is 14.2. The third kappa shape index (κ3) is 6.18. The largest absolute Gasteiger partial charge is 0.426 e. The van der Waals surface area contributed by atoms with Gasteiger partial charge in [0.15, 0.2) is 7.37 Å². The van der Waals surface area contributed by atoms with Crippen molar-refractivity contribution in [3.8, 4) is 11.5 Å². The molecular formula is C18H19O6P. The molecule has 0 saturated heterocycles. The summed E-state index contributed by atoms with van der Waals surface area (Å²) in [5, 5.41) is 0. The fourth-order valence-corrected chi connectivity index (χ4v) is 2.38. The predicted octanol–water partition coefficient (Wildman–Crippen LogP) is 3.89. The van der Waals surface area contributed by atoms with Crippen LogP contribution >= 0.6 is 7.37 Å². The number of rotatable bonds is 6. The van der Waals surface area contributed by atoms with Crippen molar-refractivity contribution in [3.05, 3.63) is 59.7 Å². The number of carbonyl (C=O) groups excluding carboxylic acids is 2. The number of hydrogen-bond acceptors (Lipinski definition) is 6. The van der Waals surface area contributed by atoms with Crippen LogP contribution in [0, 0.1) is 0 Å². The van der Waals surface area contributed by atoms with Crippen LogP contribution in [0.5, 0.6) is 11.5 Å². The van der Waals surface area contributed by atoms with E-state index in [4.69, 9.17) is 14.0 Å². The van der Waals surface area contributed by atoms with Gasteiger partial charge in [-0.25, -0.2) is 4.79 Å². The van der Waals surface area contributed by atoms with E-state index in [1.165, 1.54) is 19.1 Å². The summed E-state index contributed by atoms with van der Waals surface area (Å²) in [7, 11) is -2.55. The third-order valence-corrected chi connectivity index (χ3v) is 3.79. The van der Waals surface area contributed by atoms with Gasteiger partial charge in [-0.05, 0) is 29.8 Å². The van der Waals surface area contributed by atoms with Gasteiger partial charge >= 0.3 is 11.9 Å². The van der Waals surface area contributed by atoms with Crippen LogP contribution in [0.3, 0.4) is 0 Å². The molecule has 0 amide bonds. The molecule has 0 aliphatic heterocycles. The maximum absolute atomic E-state index is 12.3. The molecule has 0 heterocycles. The van der Waals surface area contributed by atoms with E-state index >= 15 is 0 Å². The molecule has 6 nitrogen and oxygen atoms in total. The molecule has 0 atom stereocenters. The van der Waals surface area contributed by atoms with Crippen molar-refractivity contribution in [2.45, 2.75) is 13.5 Å². The molecule has 25 heavy (non-hydrogen) atoms. The molecule has 0 spiro atoms. The van der Waals surface area contributed by atoms with Gasteiger partial charge in [-0.2, -0.15) is 0 Å². The molecular weight excluding hydrogens is 343 g/mol. The van der Waals surface area contributed by atoms with Crippen molar-refractivity contribution in [2.24, 2.45) is 0 Å². The molecule has 2 aromatic carbocycles. The van der Waals surface area contributed by atoms with Crippen LogP contribution in [-0.4, -0.2) is 25.3 Å². The molecule has 2 rings (SSSR count). The molecule has 0 unspecified atom stereocenters. The SMILES string of the molecule is CC(=O)Oc1ccccc1C(=O)Oc1ccc(COP(C)(C)=O)cc1. The van der Waals surface area contributed by atoms with Gasteiger partial charge in [-0.1, -0.05) is 24.3 Å². The van der Waals surface area contributed by atoms with Gasteiger partial charge in [-0.15, -0.1) is 0 Å². The van der Waals surface area contributed by atoms with E-state index in [0.29, 0.717) is 5.75 Å². The summed E-state index contributed by atoms with van der Waals surface area (Å²) in [6.07, 6.45) is 0. The lowest BCUT2D eigenvalue weighted by Crippen LogP contribution is -2.12. The molecule has 0 saturated carbocycles. The first-order valence-electron chi connectivity index (χ1n) is 7.53. The summed E-state index contributed by atoms with van der Waals surface area (Å²) >= 11 is 0. The highest BCUT2D eigenvalue weighted by atomic mass is 31.2. The molecule has 0 aliphatic carbocycles. The van der Waals surface area contributed by atoms with Crippen molar-refractivity contribution >= 4 is 19.3 Å². The first-order chi connectivity index (χ1) is 11.7. The third-order valence-electron chi connectivity index (χ3n) is 3.04. The fraction of sp³-hybridized carbons (Fsp3) is 0.222. The molecule has 0 aromatic heterocycles. The summed E-state index contributed by atoms with van der Waals surface area (Å²) in [6, 6.07) is 13.0. The van der Waals surface area contributed by atoms with Crippen molar-refractivity contribution < 1.29 is 28.2 Å². The summed E-state index contributed by atoms with van der Waals surface area (Å²) < 4.78 is 27.1. The van der Waals surface area contributed by atoms with E-state index in [-0.39, 0.29) is 17.9 Å². The summed E-state index contributed by atoms with van der Waals surface area (Å²) in [5.74, 6) is -0.671. The average molecular weight is 362 g/mol. The fourth-order valence-electron chi connectivity index (χ4n) is 1.92. The first kappa shape index (κ1) is 18.9. The summed E-state index contributed by atoms with van der Waals surface area (Å²) in [5.41, 5.74) is 0.965. The minimum absolute atomic E-state index is 0.145. The molecule has 2 aromatic rings. The number of para-hydroxylation sites is 1. The van der Waals surface area contributed by atoms with Crippen molar-refractivity contribution in [1.29, 1.82) is 0 Å². The second kappa shape index (κ2) is 8.10. The van der Waals surface area contributed by atoms with Crippen LogP contribution in [0.15, 0.2) is 48.5 Å². The van der Waals surface area contributed by atoms with Gasteiger partial charge in [0.2, 0.25) is 0 Å². The Labute approximate surface area is 146 Å². The predicted molar refractivity (Wildman–Crippen MR) is 93.4 cm³/mol. The Morgan fingerprint density at radius 1 is 0.960 bits per heavy atom. The smallest absolute Gasteiger partial charge is 0.347 e. The minimum Gasteiger partial charge on any atom is -0.426 e. The van der Waals surface area contributed by atoms with Gasteiger partial charge in [-0.3, -0.25) is 9.36 Å². The van der Waals surface area contributed by atoms with Gasteiger partial charge in [0, 0.05) is 20.3 Å². The van der Waals surface area contributed by atoms with E-state index < -0.39 is 19.3 Å². The van der Waals surface area contributed by atoms with E-state index in [1.54, 1.807) is 49.7 Å². The normalized spacial score (nSPS) is 11.0. The second-order valence-electron chi connectivity index (χ2n) is 5.65. The minimum atomic E-state index is -2.55. The van der Waals surface area contributed by atoms with Gasteiger partial charge in [0.05, 0.1) is 6.61 Å². The molecule has 0 N–H and O–H groups in total. The van der Waals surface area contributed by atoms with E-state index in [9.17, 15) is 14.2 Å². The molecule has 0 aliphatic rings. The lowest BCUT2D eigenvalue weighted by atomic mass is 10.2. The number of ether oxygens (including phenoxy) is 2. The highest BCUT2D eigenvalue weighted by Gasteiger charge is 2.16. The Morgan fingerprint density at radius 2 is 1.60 bits per heavy atom. The first-order valence-corrected chi connectivity index (χ1v) is 10.0. The Morgan fingerprint density at radius 3 is 2.20 bits per heavy atom. The molecule has 132 valence electrons. The van der Waals surface area contributed by atoms with E-state index in [0.717, 1.165) is 5.56 Å². The highest BCUT2D eigenvalue weighted by molar-refractivity contribution is 7.57. The number of hydrogen-bond donors (Lipinski definition) is 0. The number of benzene rings is 2. The Hall–Kier alpha value is -2.43. The van der Waals surface area contributed by atoms with Crippen LogP contribution in [0.25, 0.3) is 0 Å². The monoisotopic (exact) mass is 362 g/mol. The quantitative estimate of drug-likeness (QED) is 0.441. The number of esters is 2. The maximum atomic E-state index is 12.3. The molecule has 0 radical (unpaired) electrons. The standard InChI is InChI=1S/C18H19O6P/c1-13(19)23-17-7-5-4-6-16(17)18(20)24-15-10-8-14(9-11-15)12-22-25(2,3)21/h4-11H,12H2,1-3H3. The maximum Gasteiger partial charge on any atom is 0.347 e. The van der Waals surface area contributed by atoms with Gasteiger partial charge < -0.3 is 14.0 Å². The van der Waals surface area contributed by atoms with Crippen LogP contribution in [0.4, 0.5) is 0 Å². The molecule has 7 heteroatoms. The Kier molecular flexibility index (Phi) is 6.12. The van der Waals surface area contributed by atoms with Crippen LogP contribution < -0.4 is 9.47 Å². The topological polar surface area (TPSA) is 78.9 Å². The van der Waals surface area contributed by atoms with Crippen LogP contribution in [-0.2, 0) is 20.5 Å². The summed E-state index contributed by atoms with van der Waals surface area (Å²) in [6.45, 7) is 4.57. The average Bonchev–Trinajstić information content (AvgIpc) is 2.53. The van der Waals surface area contributed by atoms with Crippen LogP contribution in [0.2, 0.25) is 0 Å². The van der Waals surface area contributed by atoms with E-state index in [1.807, 2.05) is 0 Å². The van der Waals surface area contributed by atoms with Crippen molar-refractivity contribution in [2.75, 3.05) is 13.3 Å². The second-order valence-corrected chi connectivity index (χ2v) is 8.41. The zero-order valence-corrected chi connectivity index (χ0v) is 15.1. The van der Waals surface area contributed by atoms with Crippen molar-refractivity contribution in [1.82, 2.24) is 0 Å². The van der Waals surface area contributed by atoms with Crippen molar-refractivity contribution in [3.63, 3.8) is 0 Å². The summed E-state index contributed by atoms with van der Waals surface area (Å²) in [4.78, 5) is 23.4.